The van der Waals surface area contributed by atoms with Gasteiger partial charge < -0.3 is 10.2 Å². The average molecular weight is 275 g/mol. The molecular weight excluding hydrogens is 258 g/mol. The number of carbonyl (C=O) groups excluding carboxylic acids is 1. The van der Waals surface area contributed by atoms with Crippen LogP contribution in [-0.4, -0.2) is 30.5 Å². The van der Waals surface area contributed by atoms with Crippen molar-refractivity contribution in [2.45, 2.75) is 19.3 Å². The van der Waals surface area contributed by atoms with Gasteiger partial charge in [0.2, 0.25) is 5.91 Å². The lowest BCUT2D eigenvalue weighted by Crippen LogP contribution is -2.37. The molecule has 1 aromatic carbocycles. The monoisotopic (exact) mass is 275 g/mol. The molecule has 0 saturated heterocycles. The van der Waals surface area contributed by atoms with Gasteiger partial charge in [-0.25, -0.2) is 0 Å². The second-order valence-electron chi connectivity index (χ2n) is 5.44. The zero-order chi connectivity index (χ0) is 14.1. The van der Waals surface area contributed by atoms with Gasteiger partial charge in [0, 0.05) is 18.7 Å². The minimum absolute atomic E-state index is 0.00935. The summed E-state index contributed by atoms with van der Waals surface area (Å²) in [4.78, 5) is 24.2. The number of nitro benzene ring substituents is 1. The number of nitro groups is 1. The highest BCUT2D eigenvalue weighted by molar-refractivity contribution is 5.97. The van der Waals surface area contributed by atoms with Gasteiger partial charge >= 0.3 is 0 Å². The van der Waals surface area contributed by atoms with Crippen molar-refractivity contribution in [3.63, 3.8) is 0 Å². The first kappa shape index (κ1) is 13.1. The molecular formula is C14H17N3O3. The van der Waals surface area contributed by atoms with Crippen molar-refractivity contribution in [2.75, 3.05) is 24.5 Å². The molecule has 6 heteroatoms. The maximum absolute atomic E-state index is 12.2. The Morgan fingerprint density at radius 1 is 1.45 bits per heavy atom. The lowest BCUT2D eigenvalue weighted by molar-refractivity contribution is -0.384. The Hall–Kier alpha value is -1.95. The highest BCUT2D eigenvalue weighted by Crippen LogP contribution is 2.31. The van der Waals surface area contributed by atoms with Gasteiger partial charge in [0.25, 0.3) is 5.69 Å². The molecule has 6 nitrogen and oxygen atoms in total. The van der Waals surface area contributed by atoms with E-state index >= 15 is 0 Å². The first-order valence-corrected chi connectivity index (χ1v) is 6.93. The summed E-state index contributed by atoms with van der Waals surface area (Å²) in [5.74, 6) is 0.722. The third-order valence-corrected chi connectivity index (χ3v) is 3.88. The van der Waals surface area contributed by atoms with Gasteiger partial charge in [0.1, 0.15) is 0 Å². The molecule has 20 heavy (non-hydrogen) atoms. The fraction of sp³-hybridized carbons (Fsp3) is 0.500. The first-order chi connectivity index (χ1) is 9.65. The Kier molecular flexibility index (Phi) is 3.40. The predicted octanol–water partition coefficient (Wildman–Crippen LogP) is 1.48. The molecule has 2 aliphatic rings. The van der Waals surface area contributed by atoms with Gasteiger partial charge in [-0.3, -0.25) is 14.9 Å². The molecule has 1 aliphatic heterocycles. The van der Waals surface area contributed by atoms with Crippen LogP contribution in [-0.2, 0) is 11.2 Å². The second kappa shape index (κ2) is 5.20. The molecule has 1 saturated carbocycles. The lowest BCUT2D eigenvalue weighted by atomic mass is 10.1. The number of fused-ring (bicyclic) bond motifs is 1. The summed E-state index contributed by atoms with van der Waals surface area (Å²) < 4.78 is 0. The van der Waals surface area contributed by atoms with Crippen molar-refractivity contribution in [1.29, 1.82) is 0 Å². The van der Waals surface area contributed by atoms with Crippen molar-refractivity contribution in [1.82, 2.24) is 5.32 Å². The van der Waals surface area contributed by atoms with E-state index in [4.69, 9.17) is 0 Å². The van der Waals surface area contributed by atoms with Crippen LogP contribution in [0.25, 0.3) is 0 Å². The Balaban J connectivity index is 1.68. The van der Waals surface area contributed by atoms with Crippen molar-refractivity contribution in [3.8, 4) is 0 Å². The summed E-state index contributed by atoms with van der Waals surface area (Å²) >= 11 is 0. The van der Waals surface area contributed by atoms with Crippen LogP contribution < -0.4 is 10.2 Å². The zero-order valence-electron chi connectivity index (χ0n) is 11.2. The fourth-order valence-corrected chi connectivity index (χ4v) is 2.54. The molecule has 1 N–H and O–H groups in total. The van der Waals surface area contributed by atoms with E-state index in [1.54, 1.807) is 11.0 Å². The number of anilines is 1. The lowest BCUT2D eigenvalue weighted by Gasteiger charge is -2.17. The van der Waals surface area contributed by atoms with E-state index in [0.717, 1.165) is 24.4 Å². The number of carbonyl (C=O) groups is 1. The second-order valence-corrected chi connectivity index (χ2v) is 5.44. The van der Waals surface area contributed by atoms with Crippen LogP contribution in [0.2, 0.25) is 0 Å². The Morgan fingerprint density at radius 2 is 2.25 bits per heavy atom. The van der Waals surface area contributed by atoms with E-state index in [-0.39, 0.29) is 11.6 Å². The first-order valence-electron chi connectivity index (χ1n) is 6.93. The van der Waals surface area contributed by atoms with Crippen LogP contribution in [0.1, 0.15) is 18.4 Å². The fourth-order valence-electron chi connectivity index (χ4n) is 2.54. The minimum Gasteiger partial charge on any atom is -0.310 e. The van der Waals surface area contributed by atoms with Gasteiger partial charge in [-0.05, 0) is 37.3 Å². The third-order valence-electron chi connectivity index (χ3n) is 3.88. The minimum atomic E-state index is -0.424. The molecule has 0 atom stereocenters. The Labute approximate surface area is 116 Å². The summed E-state index contributed by atoms with van der Waals surface area (Å²) in [5.41, 5.74) is 1.73. The van der Waals surface area contributed by atoms with Crippen molar-refractivity contribution >= 4 is 17.3 Å². The van der Waals surface area contributed by atoms with E-state index in [1.165, 1.54) is 25.0 Å². The molecule has 0 radical (unpaired) electrons. The molecule has 0 spiro atoms. The molecule has 1 aliphatic carbocycles. The number of nitrogens with one attached hydrogen (secondary N) is 1. The van der Waals surface area contributed by atoms with E-state index in [0.29, 0.717) is 18.8 Å². The largest absolute Gasteiger partial charge is 0.310 e. The normalized spacial score (nSPS) is 17.1. The van der Waals surface area contributed by atoms with Crippen LogP contribution in [0, 0.1) is 16.0 Å². The molecule has 1 fully saturated rings. The molecule has 3 rings (SSSR count). The number of non-ortho nitro benzene ring substituents is 1. The van der Waals surface area contributed by atoms with Gasteiger partial charge in [-0.1, -0.05) is 6.07 Å². The summed E-state index contributed by atoms with van der Waals surface area (Å²) in [5, 5.41) is 14.0. The number of rotatable bonds is 5. The Bertz CT molecular complexity index is 555. The molecule has 0 bridgehead atoms. The van der Waals surface area contributed by atoms with Crippen LogP contribution in [0.4, 0.5) is 11.4 Å². The number of hydrogen-bond donors (Lipinski definition) is 1. The number of amides is 1. The van der Waals surface area contributed by atoms with Crippen molar-refractivity contribution in [3.05, 3.63) is 33.9 Å². The van der Waals surface area contributed by atoms with Crippen LogP contribution in [0.5, 0.6) is 0 Å². The molecule has 0 aromatic heterocycles. The van der Waals surface area contributed by atoms with Gasteiger partial charge in [0.05, 0.1) is 17.2 Å². The average Bonchev–Trinajstić information content (AvgIpc) is 3.15. The van der Waals surface area contributed by atoms with Gasteiger partial charge in [-0.2, -0.15) is 0 Å². The summed E-state index contributed by atoms with van der Waals surface area (Å²) in [6.07, 6.45) is 3.27. The van der Waals surface area contributed by atoms with Crippen LogP contribution in [0.3, 0.4) is 0 Å². The molecule has 1 amide bonds. The third kappa shape index (κ3) is 2.65. The quantitative estimate of drug-likeness (QED) is 0.652. The zero-order valence-corrected chi connectivity index (χ0v) is 11.2. The van der Waals surface area contributed by atoms with E-state index in [9.17, 15) is 14.9 Å². The molecule has 106 valence electrons. The standard InChI is InChI=1S/C14H17N3O3/c18-14(9-15-8-10-1-2-10)16-6-5-11-3-4-12(17(19)20)7-13(11)16/h3-4,7,10,15H,1-2,5-6,8-9H2. The number of hydrogen-bond acceptors (Lipinski definition) is 4. The SMILES string of the molecule is O=C(CNCC1CC1)N1CCc2ccc([N+](=O)[O-])cc21. The van der Waals surface area contributed by atoms with Crippen LogP contribution in [0.15, 0.2) is 18.2 Å². The number of nitrogens with zero attached hydrogens (tertiary/aromatic N) is 2. The summed E-state index contributed by atoms with van der Waals surface area (Å²) in [6, 6.07) is 4.75. The van der Waals surface area contributed by atoms with Crippen LogP contribution >= 0.6 is 0 Å². The highest BCUT2D eigenvalue weighted by Gasteiger charge is 2.27. The highest BCUT2D eigenvalue weighted by atomic mass is 16.6. The topological polar surface area (TPSA) is 75.5 Å². The smallest absolute Gasteiger partial charge is 0.271 e. The van der Waals surface area contributed by atoms with E-state index in [1.807, 2.05) is 0 Å². The van der Waals surface area contributed by atoms with E-state index in [2.05, 4.69) is 5.32 Å². The predicted molar refractivity (Wildman–Crippen MR) is 74.7 cm³/mol. The summed E-state index contributed by atoms with van der Waals surface area (Å²) in [6.45, 7) is 1.81. The van der Waals surface area contributed by atoms with Crippen molar-refractivity contribution < 1.29 is 9.72 Å². The molecule has 1 aromatic rings. The van der Waals surface area contributed by atoms with Crippen molar-refractivity contribution in [2.24, 2.45) is 5.92 Å². The summed E-state index contributed by atoms with van der Waals surface area (Å²) in [7, 11) is 0. The maximum atomic E-state index is 12.2. The molecule has 0 unspecified atom stereocenters. The number of benzene rings is 1. The van der Waals surface area contributed by atoms with Gasteiger partial charge in [0.15, 0.2) is 0 Å². The Morgan fingerprint density at radius 3 is 2.95 bits per heavy atom. The van der Waals surface area contributed by atoms with Gasteiger partial charge in [-0.15, -0.1) is 0 Å². The maximum Gasteiger partial charge on any atom is 0.271 e. The van der Waals surface area contributed by atoms with E-state index < -0.39 is 4.92 Å². The molecule has 1 heterocycles.